The Labute approximate surface area is 115 Å². The van der Waals surface area contributed by atoms with E-state index in [4.69, 9.17) is 5.73 Å². The van der Waals surface area contributed by atoms with Gasteiger partial charge in [-0.15, -0.1) is 0 Å². The number of aliphatic hydroxyl groups excluding tert-OH is 1. The average molecular weight is 260 g/mol. The summed E-state index contributed by atoms with van der Waals surface area (Å²) < 4.78 is 2.28. The van der Waals surface area contributed by atoms with E-state index < -0.39 is 0 Å². The number of nitrogens with two attached hydrogens (primary N) is 1. The molecule has 0 aliphatic carbocycles. The van der Waals surface area contributed by atoms with Crippen LogP contribution in [0.5, 0.6) is 0 Å². The zero-order chi connectivity index (χ0) is 14.0. The van der Waals surface area contributed by atoms with E-state index in [2.05, 4.69) is 49.6 Å². The predicted molar refractivity (Wildman–Crippen MR) is 80.6 cm³/mol. The number of aromatic nitrogens is 1. The van der Waals surface area contributed by atoms with Gasteiger partial charge in [0.2, 0.25) is 0 Å². The van der Waals surface area contributed by atoms with Crippen LogP contribution in [0.25, 0.3) is 10.9 Å². The lowest BCUT2D eigenvalue weighted by atomic mass is 10.0. The summed E-state index contributed by atoms with van der Waals surface area (Å²) >= 11 is 0. The first kappa shape index (κ1) is 14.1. The number of hydrogen-bond acceptors (Lipinski definition) is 2. The highest BCUT2D eigenvalue weighted by Gasteiger charge is 2.21. The maximum absolute atomic E-state index is 9.55. The highest BCUT2D eigenvalue weighted by atomic mass is 16.3. The molecule has 0 radical (unpaired) electrons. The molecule has 2 aromatic rings. The molecular formula is C16H24N2O. The monoisotopic (exact) mass is 260 g/mol. The maximum atomic E-state index is 9.55. The fraction of sp³-hybridized carbons (Fsp3) is 0.500. The van der Waals surface area contributed by atoms with E-state index in [1.165, 1.54) is 22.2 Å². The summed E-state index contributed by atoms with van der Waals surface area (Å²) in [6.45, 7) is 7.27. The highest BCUT2D eigenvalue weighted by Crippen LogP contribution is 2.34. The van der Waals surface area contributed by atoms with Crippen LogP contribution in [0.2, 0.25) is 0 Å². The molecule has 0 amide bonds. The molecule has 0 saturated carbocycles. The van der Waals surface area contributed by atoms with Crippen LogP contribution in [0.15, 0.2) is 24.3 Å². The van der Waals surface area contributed by atoms with Gasteiger partial charge in [0.05, 0.1) is 12.6 Å². The maximum Gasteiger partial charge on any atom is 0.0636 e. The van der Waals surface area contributed by atoms with Gasteiger partial charge in [0.25, 0.3) is 0 Å². The fourth-order valence-electron chi connectivity index (χ4n) is 2.94. The lowest BCUT2D eigenvalue weighted by molar-refractivity contribution is 0.239. The van der Waals surface area contributed by atoms with Gasteiger partial charge in [-0.05, 0) is 37.4 Å². The van der Waals surface area contributed by atoms with Crippen molar-refractivity contribution < 1.29 is 5.11 Å². The van der Waals surface area contributed by atoms with Gasteiger partial charge in [-0.1, -0.05) is 32.0 Å². The SMILES string of the molecule is CC(C)c1c(CCN)c2ccccc2n1C(C)CO. The van der Waals surface area contributed by atoms with E-state index >= 15 is 0 Å². The molecule has 0 saturated heterocycles. The van der Waals surface area contributed by atoms with E-state index in [0.717, 1.165) is 6.42 Å². The topological polar surface area (TPSA) is 51.2 Å². The summed E-state index contributed by atoms with van der Waals surface area (Å²) in [6.07, 6.45) is 0.888. The molecule has 3 nitrogen and oxygen atoms in total. The van der Waals surface area contributed by atoms with Gasteiger partial charge in [-0.3, -0.25) is 0 Å². The molecule has 1 unspecified atom stereocenters. The fourth-order valence-corrected chi connectivity index (χ4v) is 2.94. The van der Waals surface area contributed by atoms with Gasteiger partial charge in [0.15, 0.2) is 0 Å². The molecule has 3 heteroatoms. The number of para-hydroxylation sites is 1. The Morgan fingerprint density at radius 3 is 2.47 bits per heavy atom. The van der Waals surface area contributed by atoms with Crippen LogP contribution in [0.1, 0.15) is 44.0 Å². The smallest absolute Gasteiger partial charge is 0.0636 e. The third-order valence-electron chi connectivity index (χ3n) is 3.70. The molecular weight excluding hydrogens is 236 g/mol. The van der Waals surface area contributed by atoms with Crippen molar-refractivity contribution in [3.63, 3.8) is 0 Å². The second-order valence-corrected chi connectivity index (χ2v) is 5.48. The molecule has 1 heterocycles. The first-order valence-electron chi connectivity index (χ1n) is 7.04. The van der Waals surface area contributed by atoms with Crippen molar-refractivity contribution in [3.8, 4) is 0 Å². The van der Waals surface area contributed by atoms with Crippen LogP contribution in [0.4, 0.5) is 0 Å². The Balaban J connectivity index is 2.79. The average Bonchev–Trinajstić information content (AvgIpc) is 2.73. The van der Waals surface area contributed by atoms with Gasteiger partial charge in [0.1, 0.15) is 0 Å². The Morgan fingerprint density at radius 2 is 1.89 bits per heavy atom. The third kappa shape index (κ3) is 2.40. The van der Waals surface area contributed by atoms with E-state index in [-0.39, 0.29) is 12.6 Å². The van der Waals surface area contributed by atoms with Gasteiger partial charge in [0, 0.05) is 16.6 Å². The Bertz CT molecular complexity index is 557. The highest BCUT2D eigenvalue weighted by molar-refractivity contribution is 5.86. The van der Waals surface area contributed by atoms with Crippen LogP contribution in [0, 0.1) is 0 Å². The first-order chi connectivity index (χ1) is 9.11. The Kier molecular flexibility index (Phi) is 4.27. The van der Waals surface area contributed by atoms with E-state index in [1.807, 2.05) is 0 Å². The van der Waals surface area contributed by atoms with Crippen LogP contribution in [-0.4, -0.2) is 22.8 Å². The van der Waals surface area contributed by atoms with Crippen molar-refractivity contribution in [1.29, 1.82) is 0 Å². The summed E-state index contributed by atoms with van der Waals surface area (Å²) in [5.74, 6) is 0.419. The van der Waals surface area contributed by atoms with Crippen LogP contribution >= 0.6 is 0 Å². The minimum Gasteiger partial charge on any atom is -0.394 e. The van der Waals surface area contributed by atoms with Crippen LogP contribution in [0.3, 0.4) is 0 Å². The second-order valence-electron chi connectivity index (χ2n) is 5.48. The molecule has 1 aromatic carbocycles. The summed E-state index contributed by atoms with van der Waals surface area (Å²) in [7, 11) is 0. The van der Waals surface area contributed by atoms with Crippen LogP contribution in [-0.2, 0) is 6.42 Å². The van der Waals surface area contributed by atoms with Crippen molar-refractivity contribution in [2.24, 2.45) is 5.73 Å². The minimum atomic E-state index is 0.0915. The van der Waals surface area contributed by atoms with Gasteiger partial charge < -0.3 is 15.4 Å². The Hall–Kier alpha value is -1.32. The zero-order valence-corrected chi connectivity index (χ0v) is 12.1. The number of nitrogens with zero attached hydrogens (tertiary/aromatic N) is 1. The standard InChI is InChI=1S/C16H24N2O/c1-11(2)16-14(8-9-17)13-6-4-5-7-15(13)18(16)12(3)10-19/h4-7,11-12,19H,8-10,17H2,1-3H3. The summed E-state index contributed by atoms with van der Waals surface area (Å²) in [6, 6.07) is 8.51. The molecule has 0 aliphatic rings. The molecule has 1 aromatic heterocycles. The number of aliphatic hydroxyl groups is 1. The summed E-state index contributed by atoms with van der Waals surface area (Å²) in [4.78, 5) is 0. The number of fused-ring (bicyclic) bond motifs is 1. The summed E-state index contributed by atoms with van der Waals surface area (Å²) in [5, 5.41) is 10.8. The van der Waals surface area contributed by atoms with Crippen molar-refractivity contribution in [3.05, 3.63) is 35.5 Å². The van der Waals surface area contributed by atoms with Crippen molar-refractivity contribution in [2.45, 2.75) is 39.2 Å². The second kappa shape index (κ2) is 5.76. The van der Waals surface area contributed by atoms with Gasteiger partial charge >= 0.3 is 0 Å². The number of hydrogen-bond donors (Lipinski definition) is 2. The molecule has 0 bridgehead atoms. The van der Waals surface area contributed by atoms with Gasteiger partial charge in [-0.25, -0.2) is 0 Å². The minimum absolute atomic E-state index is 0.0915. The van der Waals surface area contributed by atoms with Gasteiger partial charge in [-0.2, -0.15) is 0 Å². The molecule has 0 aliphatic heterocycles. The number of benzene rings is 1. The van der Waals surface area contributed by atoms with Crippen molar-refractivity contribution in [2.75, 3.05) is 13.2 Å². The zero-order valence-electron chi connectivity index (χ0n) is 12.1. The van der Waals surface area contributed by atoms with Crippen molar-refractivity contribution >= 4 is 10.9 Å². The normalized spacial score (nSPS) is 13.4. The lowest BCUT2D eigenvalue weighted by Gasteiger charge is -2.20. The quantitative estimate of drug-likeness (QED) is 0.868. The van der Waals surface area contributed by atoms with E-state index in [9.17, 15) is 5.11 Å². The first-order valence-corrected chi connectivity index (χ1v) is 7.04. The largest absolute Gasteiger partial charge is 0.394 e. The third-order valence-corrected chi connectivity index (χ3v) is 3.70. The molecule has 0 spiro atoms. The van der Waals surface area contributed by atoms with E-state index in [0.29, 0.717) is 12.5 Å². The number of rotatable bonds is 5. The molecule has 104 valence electrons. The Morgan fingerprint density at radius 1 is 1.21 bits per heavy atom. The molecule has 19 heavy (non-hydrogen) atoms. The van der Waals surface area contributed by atoms with Crippen molar-refractivity contribution in [1.82, 2.24) is 4.57 Å². The van der Waals surface area contributed by atoms with E-state index in [1.54, 1.807) is 0 Å². The molecule has 0 fully saturated rings. The summed E-state index contributed by atoms with van der Waals surface area (Å²) in [5.41, 5.74) is 9.64. The lowest BCUT2D eigenvalue weighted by Crippen LogP contribution is -2.15. The molecule has 3 N–H and O–H groups in total. The molecule has 1 atom stereocenters. The van der Waals surface area contributed by atoms with Crippen LogP contribution < -0.4 is 5.73 Å². The predicted octanol–water partition coefficient (Wildman–Crippen LogP) is 2.82. The molecule has 2 rings (SSSR count).